The van der Waals surface area contributed by atoms with Gasteiger partial charge in [0.1, 0.15) is 11.5 Å². The second-order valence-electron chi connectivity index (χ2n) is 3.13. The Morgan fingerprint density at radius 2 is 2.33 bits per heavy atom. The largest absolute Gasteiger partial charge is 0.292 e. The SMILES string of the molecule is Cc1nccc(C(=O)C2CC2)n1. The van der Waals surface area contributed by atoms with Gasteiger partial charge in [-0.3, -0.25) is 4.79 Å². The van der Waals surface area contributed by atoms with Gasteiger partial charge in [-0.15, -0.1) is 0 Å². The predicted molar refractivity (Wildman–Crippen MR) is 43.8 cm³/mol. The Morgan fingerprint density at radius 3 is 2.92 bits per heavy atom. The molecule has 1 aliphatic rings. The Hall–Kier alpha value is -1.25. The molecule has 3 nitrogen and oxygen atoms in total. The van der Waals surface area contributed by atoms with Crippen LogP contribution in [-0.4, -0.2) is 15.8 Å². The smallest absolute Gasteiger partial charge is 0.184 e. The van der Waals surface area contributed by atoms with Crippen molar-refractivity contribution in [1.82, 2.24) is 9.97 Å². The van der Waals surface area contributed by atoms with Crippen LogP contribution in [0, 0.1) is 12.8 Å². The van der Waals surface area contributed by atoms with Crippen LogP contribution in [0.15, 0.2) is 12.3 Å². The summed E-state index contributed by atoms with van der Waals surface area (Å²) in [5, 5.41) is 0. The van der Waals surface area contributed by atoms with E-state index in [0.29, 0.717) is 11.5 Å². The first kappa shape index (κ1) is 7.40. The summed E-state index contributed by atoms with van der Waals surface area (Å²) in [6, 6.07) is 1.69. The Kier molecular flexibility index (Phi) is 1.64. The van der Waals surface area contributed by atoms with Gasteiger partial charge in [-0.25, -0.2) is 9.97 Å². The number of carbonyl (C=O) groups is 1. The second-order valence-corrected chi connectivity index (χ2v) is 3.13. The Balaban J connectivity index is 2.26. The second kappa shape index (κ2) is 2.66. The molecule has 0 spiro atoms. The molecule has 1 aliphatic carbocycles. The van der Waals surface area contributed by atoms with E-state index in [0.717, 1.165) is 12.8 Å². The van der Waals surface area contributed by atoms with E-state index in [-0.39, 0.29) is 11.7 Å². The van der Waals surface area contributed by atoms with Crippen LogP contribution in [0.25, 0.3) is 0 Å². The standard InChI is InChI=1S/C9H10N2O/c1-6-10-5-4-8(11-6)9(12)7-2-3-7/h4-5,7H,2-3H2,1H3. The summed E-state index contributed by atoms with van der Waals surface area (Å²) in [5.41, 5.74) is 0.574. The predicted octanol–water partition coefficient (Wildman–Crippen LogP) is 1.38. The van der Waals surface area contributed by atoms with E-state index in [4.69, 9.17) is 0 Å². The van der Waals surface area contributed by atoms with Gasteiger partial charge in [0, 0.05) is 12.1 Å². The monoisotopic (exact) mass is 162 g/mol. The third-order valence-corrected chi connectivity index (χ3v) is 1.98. The highest BCUT2D eigenvalue weighted by molar-refractivity contribution is 5.97. The maximum atomic E-state index is 11.5. The van der Waals surface area contributed by atoms with Gasteiger partial charge in [-0.1, -0.05) is 0 Å². The van der Waals surface area contributed by atoms with Crippen molar-refractivity contribution in [3.63, 3.8) is 0 Å². The maximum absolute atomic E-state index is 11.5. The molecular weight excluding hydrogens is 152 g/mol. The zero-order valence-electron chi connectivity index (χ0n) is 6.95. The summed E-state index contributed by atoms with van der Waals surface area (Å²) in [4.78, 5) is 19.5. The molecule has 1 saturated carbocycles. The fraction of sp³-hybridized carbons (Fsp3) is 0.444. The van der Waals surface area contributed by atoms with E-state index < -0.39 is 0 Å². The molecule has 12 heavy (non-hydrogen) atoms. The molecule has 0 saturated heterocycles. The lowest BCUT2D eigenvalue weighted by Gasteiger charge is -1.97. The first-order valence-corrected chi connectivity index (χ1v) is 4.11. The summed E-state index contributed by atoms with van der Waals surface area (Å²) in [5.74, 6) is 1.10. The number of aromatic nitrogens is 2. The summed E-state index contributed by atoms with van der Waals surface area (Å²) < 4.78 is 0. The molecule has 0 bridgehead atoms. The van der Waals surface area contributed by atoms with Crippen molar-refractivity contribution < 1.29 is 4.79 Å². The first-order valence-electron chi connectivity index (χ1n) is 4.11. The van der Waals surface area contributed by atoms with Gasteiger partial charge in [-0.2, -0.15) is 0 Å². The molecule has 0 N–H and O–H groups in total. The number of ketones is 1. The summed E-state index contributed by atoms with van der Waals surface area (Å²) >= 11 is 0. The van der Waals surface area contributed by atoms with Gasteiger partial charge in [0.15, 0.2) is 5.78 Å². The highest BCUT2D eigenvalue weighted by Crippen LogP contribution is 2.31. The van der Waals surface area contributed by atoms with E-state index in [1.54, 1.807) is 19.2 Å². The minimum absolute atomic E-state index is 0.181. The van der Waals surface area contributed by atoms with Crippen LogP contribution in [0.3, 0.4) is 0 Å². The van der Waals surface area contributed by atoms with Gasteiger partial charge < -0.3 is 0 Å². The molecule has 0 radical (unpaired) electrons. The maximum Gasteiger partial charge on any atom is 0.184 e. The molecule has 0 unspecified atom stereocenters. The number of hydrogen-bond acceptors (Lipinski definition) is 3. The highest BCUT2D eigenvalue weighted by Gasteiger charge is 2.31. The zero-order chi connectivity index (χ0) is 8.55. The van der Waals surface area contributed by atoms with Crippen LogP contribution in [0.4, 0.5) is 0 Å². The van der Waals surface area contributed by atoms with Gasteiger partial charge in [0.05, 0.1) is 0 Å². The number of Topliss-reactive ketones (excluding diaryl/α,β-unsaturated/α-hetero) is 1. The number of rotatable bonds is 2. The molecule has 1 heterocycles. The topological polar surface area (TPSA) is 42.9 Å². The van der Waals surface area contributed by atoms with Crippen LogP contribution < -0.4 is 0 Å². The molecule has 0 aromatic carbocycles. The van der Waals surface area contributed by atoms with Crippen LogP contribution >= 0.6 is 0 Å². The van der Waals surface area contributed by atoms with Crippen molar-refractivity contribution in [3.05, 3.63) is 23.8 Å². The number of hydrogen-bond donors (Lipinski definition) is 0. The molecule has 1 fully saturated rings. The molecule has 1 aromatic rings. The van der Waals surface area contributed by atoms with E-state index in [2.05, 4.69) is 9.97 Å². The van der Waals surface area contributed by atoms with E-state index in [1.165, 1.54) is 0 Å². The van der Waals surface area contributed by atoms with E-state index >= 15 is 0 Å². The minimum Gasteiger partial charge on any atom is -0.292 e. The van der Waals surface area contributed by atoms with Crippen molar-refractivity contribution >= 4 is 5.78 Å². The minimum atomic E-state index is 0.181. The van der Waals surface area contributed by atoms with E-state index in [9.17, 15) is 4.79 Å². The van der Waals surface area contributed by atoms with Gasteiger partial charge in [0.2, 0.25) is 0 Å². The number of aryl methyl sites for hydroxylation is 1. The zero-order valence-corrected chi connectivity index (χ0v) is 6.95. The summed E-state index contributed by atoms with van der Waals surface area (Å²) in [6.07, 6.45) is 3.70. The Bertz CT molecular complexity index is 318. The summed E-state index contributed by atoms with van der Waals surface area (Å²) in [7, 11) is 0. The average Bonchev–Trinajstić information content (AvgIpc) is 2.85. The average molecular weight is 162 g/mol. The lowest BCUT2D eigenvalue weighted by Crippen LogP contribution is -2.05. The molecule has 62 valence electrons. The third kappa shape index (κ3) is 1.35. The fourth-order valence-electron chi connectivity index (χ4n) is 1.15. The molecule has 1 aromatic heterocycles. The van der Waals surface area contributed by atoms with Crippen molar-refractivity contribution in [2.45, 2.75) is 19.8 Å². The van der Waals surface area contributed by atoms with Crippen LogP contribution in [0.2, 0.25) is 0 Å². The normalized spacial score (nSPS) is 16.1. The summed E-state index contributed by atoms with van der Waals surface area (Å²) in [6.45, 7) is 1.80. The van der Waals surface area contributed by atoms with Crippen LogP contribution in [0.1, 0.15) is 29.2 Å². The molecule has 0 amide bonds. The molecule has 3 heteroatoms. The quantitative estimate of drug-likeness (QED) is 0.617. The first-order chi connectivity index (χ1) is 5.77. The van der Waals surface area contributed by atoms with E-state index in [1.807, 2.05) is 0 Å². The molecular formula is C9H10N2O. The lowest BCUT2D eigenvalue weighted by atomic mass is 10.2. The van der Waals surface area contributed by atoms with Crippen molar-refractivity contribution in [3.8, 4) is 0 Å². The Morgan fingerprint density at radius 1 is 1.58 bits per heavy atom. The molecule has 2 rings (SSSR count). The Labute approximate surface area is 70.9 Å². The van der Waals surface area contributed by atoms with Crippen LogP contribution in [0.5, 0.6) is 0 Å². The van der Waals surface area contributed by atoms with Crippen molar-refractivity contribution in [2.24, 2.45) is 5.92 Å². The highest BCUT2D eigenvalue weighted by atomic mass is 16.1. The molecule has 0 aliphatic heterocycles. The van der Waals surface area contributed by atoms with Gasteiger partial charge in [0.25, 0.3) is 0 Å². The van der Waals surface area contributed by atoms with Gasteiger partial charge >= 0.3 is 0 Å². The van der Waals surface area contributed by atoms with Crippen LogP contribution in [-0.2, 0) is 0 Å². The lowest BCUT2D eigenvalue weighted by molar-refractivity contribution is 0.0962. The molecule has 0 atom stereocenters. The van der Waals surface area contributed by atoms with Gasteiger partial charge in [-0.05, 0) is 25.8 Å². The third-order valence-electron chi connectivity index (χ3n) is 1.98. The van der Waals surface area contributed by atoms with Crippen molar-refractivity contribution in [1.29, 1.82) is 0 Å². The fourth-order valence-corrected chi connectivity index (χ4v) is 1.15. The number of carbonyl (C=O) groups excluding carboxylic acids is 1. The van der Waals surface area contributed by atoms with Crippen molar-refractivity contribution in [2.75, 3.05) is 0 Å². The number of nitrogens with zero attached hydrogens (tertiary/aromatic N) is 2.